The van der Waals surface area contributed by atoms with E-state index in [1.807, 2.05) is 0 Å². The zero-order valence-corrected chi connectivity index (χ0v) is 14.9. The van der Waals surface area contributed by atoms with Crippen molar-refractivity contribution in [3.05, 3.63) is 29.8 Å². The molecule has 1 heterocycles. The molecule has 0 spiro atoms. The predicted octanol–water partition coefficient (Wildman–Crippen LogP) is 0.816. The Morgan fingerprint density at radius 1 is 1.25 bits per heavy atom. The highest BCUT2D eigenvalue weighted by Crippen LogP contribution is 2.18. The molecule has 0 aliphatic carbocycles. The first-order valence-corrected chi connectivity index (χ1v) is 9.33. The molecule has 24 heavy (non-hydrogen) atoms. The van der Waals surface area contributed by atoms with Gasteiger partial charge in [-0.3, -0.25) is 4.79 Å². The maximum absolute atomic E-state index is 12.5. The lowest BCUT2D eigenvalue weighted by atomic mass is 10.2. The number of hydrogen-bond donors (Lipinski definition) is 0. The molecule has 0 bridgehead atoms. The number of methoxy groups -OCH3 is 1. The molecule has 7 nitrogen and oxygen atoms in total. The second kappa shape index (κ2) is 8.57. The molecule has 1 aliphatic heterocycles. The number of sulfonamides is 1. The van der Waals surface area contributed by atoms with Crippen molar-refractivity contribution in [3.8, 4) is 0 Å². The topological polar surface area (TPSA) is 76.2 Å². The number of nitrogens with zero attached hydrogens (tertiary/aromatic N) is 2. The van der Waals surface area contributed by atoms with Crippen LogP contribution in [0.15, 0.2) is 29.2 Å². The van der Waals surface area contributed by atoms with Crippen LogP contribution in [-0.2, 0) is 19.5 Å². The van der Waals surface area contributed by atoms with Crippen LogP contribution in [0, 0.1) is 0 Å². The lowest BCUT2D eigenvalue weighted by molar-refractivity contribution is 0.0730. The third-order valence-corrected chi connectivity index (χ3v) is 5.81. The van der Waals surface area contributed by atoms with Gasteiger partial charge in [-0.25, -0.2) is 8.42 Å². The minimum absolute atomic E-state index is 0.138. The van der Waals surface area contributed by atoms with Crippen LogP contribution in [0.5, 0.6) is 0 Å². The fourth-order valence-corrected chi connectivity index (χ4v) is 3.88. The van der Waals surface area contributed by atoms with Crippen molar-refractivity contribution >= 4 is 15.9 Å². The summed E-state index contributed by atoms with van der Waals surface area (Å²) in [6.45, 7) is 2.69. The van der Waals surface area contributed by atoms with E-state index in [1.165, 1.54) is 16.4 Å². The van der Waals surface area contributed by atoms with Gasteiger partial charge in [-0.15, -0.1) is 0 Å². The fraction of sp³-hybridized carbons (Fsp3) is 0.562. The Bertz CT molecular complexity index is 639. The van der Waals surface area contributed by atoms with Crippen molar-refractivity contribution in [1.29, 1.82) is 0 Å². The normalized spacial score (nSPS) is 16.1. The first kappa shape index (κ1) is 18.9. The Balaban J connectivity index is 2.05. The minimum Gasteiger partial charge on any atom is -0.385 e. The molecule has 0 unspecified atom stereocenters. The first-order chi connectivity index (χ1) is 11.5. The Morgan fingerprint density at radius 3 is 2.46 bits per heavy atom. The van der Waals surface area contributed by atoms with Gasteiger partial charge >= 0.3 is 0 Å². The predicted molar refractivity (Wildman–Crippen MR) is 89.5 cm³/mol. The number of rotatable bonds is 7. The zero-order valence-electron chi connectivity index (χ0n) is 14.1. The lowest BCUT2D eigenvalue weighted by Crippen LogP contribution is -2.40. The third-order valence-electron chi connectivity index (χ3n) is 3.90. The zero-order chi connectivity index (χ0) is 17.6. The maximum Gasteiger partial charge on any atom is 0.253 e. The first-order valence-electron chi connectivity index (χ1n) is 7.89. The SMILES string of the molecule is COCCCN(C)C(=O)c1ccc(S(=O)(=O)N2CCOCC2)cc1. The quantitative estimate of drug-likeness (QED) is 0.676. The summed E-state index contributed by atoms with van der Waals surface area (Å²) in [5.41, 5.74) is 0.468. The molecule has 8 heteroatoms. The van der Waals surface area contributed by atoms with E-state index in [0.717, 1.165) is 6.42 Å². The Hall–Kier alpha value is -1.48. The third kappa shape index (κ3) is 4.54. The molecule has 0 saturated carbocycles. The number of hydrogen-bond acceptors (Lipinski definition) is 5. The van der Waals surface area contributed by atoms with Gasteiger partial charge in [0.2, 0.25) is 10.0 Å². The highest BCUT2D eigenvalue weighted by atomic mass is 32.2. The smallest absolute Gasteiger partial charge is 0.253 e. The van der Waals surface area contributed by atoms with Gasteiger partial charge in [0.1, 0.15) is 0 Å². The van der Waals surface area contributed by atoms with Gasteiger partial charge in [-0.2, -0.15) is 4.31 Å². The van der Waals surface area contributed by atoms with Gasteiger partial charge in [0.05, 0.1) is 18.1 Å². The molecule has 0 aromatic heterocycles. The van der Waals surface area contributed by atoms with E-state index in [2.05, 4.69) is 0 Å². The molecule has 0 N–H and O–H groups in total. The molecule has 0 radical (unpaired) electrons. The summed E-state index contributed by atoms with van der Waals surface area (Å²) in [7, 11) is -0.191. The number of benzene rings is 1. The maximum atomic E-state index is 12.5. The Morgan fingerprint density at radius 2 is 1.88 bits per heavy atom. The molecule has 134 valence electrons. The highest BCUT2D eigenvalue weighted by molar-refractivity contribution is 7.89. The van der Waals surface area contributed by atoms with E-state index in [9.17, 15) is 13.2 Å². The van der Waals surface area contributed by atoms with Crippen molar-refractivity contribution in [2.24, 2.45) is 0 Å². The largest absolute Gasteiger partial charge is 0.385 e. The number of amides is 1. The molecular formula is C16H24N2O5S. The van der Waals surface area contributed by atoms with Gasteiger partial charge in [0.15, 0.2) is 0 Å². The van der Waals surface area contributed by atoms with Gasteiger partial charge in [0.25, 0.3) is 5.91 Å². The summed E-state index contributed by atoms with van der Waals surface area (Å²) in [5, 5.41) is 0. The van der Waals surface area contributed by atoms with E-state index < -0.39 is 10.0 Å². The second-order valence-corrected chi connectivity index (χ2v) is 7.55. The van der Waals surface area contributed by atoms with Crippen LogP contribution < -0.4 is 0 Å². The summed E-state index contributed by atoms with van der Waals surface area (Å²) in [5.74, 6) is -0.138. The molecule has 0 atom stereocenters. The van der Waals surface area contributed by atoms with Crippen LogP contribution >= 0.6 is 0 Å². The van der Waals surface area contributed by atoms with E-state index in [0.29, 0.717) is 45.0 Å². The number of morpholine rings is 1. The van der Waals surface area contributed by atoms with E-state index in [-0.39, 0.29) is 10.8 Å². The molecule has 1 aromatic carbocycles. The van der Waals surface area contributed by atoms with Crippen LogP contribution in [-0.4, -0.2) is 77.1 Å². The van der Waals surface area contributed by atoms with Crippen molar-refractivity contribution in [1.82, 2.24) is 9.21 Å². The highest BCUT2D eigenvalue weighted by Gasteiger charge is 2.26. The standard InChI is InChI=1S/C16H24N2O5S/c1-17(8-3-11-22-2)16(19)14-4-6-15(7-5-14)24(20,21)18-9-12-23-13-10-18/h4-7H,3,8-13H2,1-2H3. The fourth-order valence-electron chi connectivity index (χ4n) is 2.47. The van der Waals surface area contributed by atoms with Crippen molar-refractivity contribution in [2.75, 3.05) is 53.6 Å². The van der Waals surface area contributed by atoms with Crippen molar-refractivity contribution < 1.29 is 22.7 Å². The van der Waals surface area contributed by atoms with E-state index >= 15 is 0 Å². The monoisotopic (exact) mass is 356 g/mol. The Kier molecular flexibility index (Phi) is 6.73. The van der Waals surface area contributed by atoms with Gasteiger partial charge in [-0.1, -0.05) is 0 Å². The summed E-state index contributed by atoms with van der Waals surface area (Å²) < 4.78 is 36.6. The molecule has 1 amide bonds. The van der Waals surface area contributed by atoms with Crippen molar-refractivity contribution in [3.63, 3.8) is 0 Å². The molecule has 1 fully saturated rings. The molecule has 2 rings (SSSR count). The molecule has 1 saturated heterocycles. The van der Waals surface area contributed by atoms with Crippen LogP contribution in [0.2, 0.25) is 0 Å². The van der Waals surface area contributed by atoms with Gasteiger partial charge in [-0.05, 0) is 30.7 Å². The number of carbonyl (C=O) groups excluding carboxylic acids is 1. The number of ether oxygens (including phenoxy) is 2. The average molecular weight is 356 g/mol. The Labute approximate surface area is 143 Å². The van der Waals surface area contributed by atoms with Gasteiger partial charge < -0.3 is 14.4 Å². The van der Waals surface area contributed by atoms with Gasteiger partial charge in [0, 0.05) is 46.0 Å². The van der Waals surface area contributed by atoms with Crippen LogP contribution in [0.4, 0.5) is 0 Å². The second-order valence-electron chi connectivity index (χ2n) is 5.61. The summed E-state index contributed by atoms with van der Waals surface area (Å²) >= 11 is 0. The summed E-state index contributed by atoms with van der Waals surface area (Å²) in [4.78, 5) is 14.1. The van der Waals surface area contributed by atoms with Crippen LogP contribution in [0.3, 0.4) is 0 Å². The van der Waals surface area contributed by atoms with E-state index in [4.69, 9.17) is 9.47 Å². The minimum atomic E-state index is -3.53. The summed E-state index contributed by atoms with van der Waals surface area (Å²) in [6.07, 6.45) is 0.752. The molecule has 1 aromatic rings. The number of carbonyl (C=O) groups is 1. The average Bonchev–Trinajstić information content (AvgIpc) is 2.62. The summed E-state index contributed by atoms with van der Waals surface area (Å²) in [6, 6.07) is 6.09. The van der Waals surface area contributed by atoms with Crippen LogP contribution in [0.25, 0.3) is 0 Å². The van der Waals surface area contributed by atoms with E-state index in [1.54, 1.807) is 31.2 Å². The molecular weight excluding hydrogens is 332 g/mol. The van der Waals surface area contributed by atoms with Crippen molar-refractivity contribution in [2.45, 2.75) is 11.3 Å². The molecule has 1 aliphatic rings. The lowest BCUT2D eigenvalue weighted by Gasteiger charge is -2.26. The van der Waals surface area contributed by atoms with Crippen LogP contribution in [0.1, 0.15) is 16.8 Å².